The van der Waals surface area contributed by atoms with Gasteiger partial charge in [-0.15, -0.1) is 0 Å². The SMILES string of the molecule is Cc1[nH]nc(S(=O)(=O)N2CCSCC2C)c1CN. The Bertz CT molecular complexity index is 526. The van der Waals surface area contributed by atoms with E-state index in [0.29, 0.717) is 12.1 Å². The summed E-state index contributed by atoms with van der Waals surface area (Å²) >= 11 is 1.77. The van der Waals surface area contributed by atoms with E-state index >= 15 is 0 Å². The molecule has 102 valence electrons. The Morgan fingerprint density at radius 2 is 2.33 bits per heavy atom. The zero-order chi connectivity index (χ0) is 13.3. The summed E-state index contributed by atoms with van der Waals surface area (Å²) in [5.74, 6) is 1.64. The molecule has 3 N–H and O–H groups in total. The first-order valence-electron chi connectivity index (χ1n) is 5.82. The van der Waals surface area contributed by atoms with E-state index in [1.165, 1.54) is 4.31 Å². The Morgan fingerprint density at radius 3 is 2.94 bits per heavy atom. The van der Waals surface area contributed by atoms with Gasteiger partial charge >= 0.3 is 0 Å². The van der Waals surface area contributed by atoms with Gasteiger partial charge in [0.2, 0.25) is 0 Å². The third-order valence-electron chi connectivity index (χ3n) is 3.10. The minimum absolute atomic E-state index is 0.00335. The molecule has 0 radical (unpaired) electrons. The lowest BCUT2D eigenvalue weighted by atomic mass is 10.3. The quantitative estimate of drug-likeness (QED) is 0.835. The average molecular weight is 290 g/mol. The first kappa shape index (κ1) is 13.9. The van der Waals surface area contributed by atoms with Gasteiger partial charge < -0.3 is 5.73 Å². The molecule has 1 fully saturated rings. The molecular weight excluding hydrogens is 272 g/mol. The fourth-order valence-electron chi connectivity index (χ4n) is 2.06. The highest BCUT2D eigenvalue weighted by molar-refractivity contribution is 7.99. The van der Waals surface area contributed by atoms with Crippen LogP contribution in [-0.2, 0) is 16.6 Å². The molecule has 2 heterocycles. The zero-order valence-electron chi connectivity index (χ0n) is 10.5. The standard InChI is InChI=1S/C10H18N4O2S2/c1-7-6-17-4-3-14(7)18(15,16)10-9(5-11)8(2)12-13-10/h7H,3-6,11H2,1-2H3,(H,12,13). The first-order chi connectivity index (χ1) is 8.48. The summed E-state index contributed by atoms with van der Waals surface area (Å²) < 4.78 is 26.7. The van der Waals surface area contributed by atoms with Crippen LogP contribution in [0, 0.1) is 6.92 Å². The molecule has 6 nitrogen and oxygen atoms in total. The molecule has 1 aliphatic rings. The molecule has 0 bridgehead atoms. The van der Waals surface area contributed by atoms with Gasteiger partial charge in [-0.05, 0) is 13.8 Å². The molecule has 2 rings (SSSR count). The predicted molar refractivity (Wildman–Crippen MR) is 71.9 cm³/mol. The fraction of sp³-hybridized carbons (Fsp3) is 0.700. The van der Waals surface area contributed by atoms with E-state index < -0.39 is 10.0 Å². The highest BCUT2D eigenvalue weighted by atomic mass is 32.2. The number of nitrogens with zero attached hydrogens (tertiary/aromatic N) is 2. The van der Waals surface area contributed by atoms with Gasteiger partial charge in [0.15, 0.2) is 5.03 Å². The Hall–Kier alpha value is -0.570. The van der Waals surface area contributed by atoms with E-state index in [-0.39, 0.29) is 17.6 Å². The van der Waals surface area contributed by atoms with Crippen molar-refractivity contribution < 1.29 is 8.42 Å². The molecule has 1 aromatic rings. The molecule has 0 saturated carbocycles. The van der Waals surface area contributed by atoms with Crippen molar-refractivity contribution in [3.8, 4) is 0 Å². The molecule has 1 atom stereocenters. The van der Waals surface area contributed by atoms with Crippen molar-refractivity contribution in [3.05, 3.63) is 11.3 Å². The smallest absolute Gasteiger partial charge is 0.263 e. The van der Waals surface area contributed by atoms with Crippen molar-refractivity contribution >= 4 is 21.8 Å². The van der Waals surface area contributed by atoms with Crippen molar-refractivity contribution in [1.82, 2.24) is 14.5 Å². The number of hydrogen-bond acceptors (Lipinski definition) is 5. The minimum atomic E-state index is -3.54. The summed E-state index contributed by atoms with van der Waals surface area (Å²) in [6, 6.07) is -0.00335. The van der Waals surface area contributed by atoms with Crippen LogP contribution in [0.5, 0.6) is 0 Å². The van der Waals surface area contributed by atoms with Crippen LogP contribution in [0.25, 0.3) is 0 Å². The number of aromatic amines is 1. The summed E-state index contributed by atoms with van der Waals surface area (Å²) in [7, 11) is -3.54. The highest BCUT2D eigenvalue weighted by Gasteiger charge is 2.34. The largest absolute Gasteiger partial charge is 0.326 e. The van der Waals surface area contributed by atoms with Gasteiger partial charge in [-0.2, -0.15) is 21.2 Å². The van der Waals surface area contributed by atoms with Gasteiger partial charge in [-0.25, -0.2) is 8.42 Å². The van der Waals surface area contributed by atoms with E-state index in [0.717, 1.165) is 17.2 Å². The minimum Gasteiger partial charge on any atom is -0.326 e. The second-order valence-electron chi connectivity index (χ2n) is 4.38. The lowest BCUT2D eigenvalue weighted by Crippen LogP contribution is -2.44. The molecule has 18 heavy (non-hydrogen) atoms. The van der Waals surface area contributed by atoms with Crippen LogP contribution >= 0.6 is 11.8 Å². The van der Waals surface area contributed by atoms with E-state index in [4.69, 9.17) is 5.73 Å². The molecule has 1 aliphatic heterocycles. The van der Waals surface area contributed by atoms with Crippen molar-refractivity contribution in [2.45, 2.75) is 31.5 Å². The summed E-state index contributed by atoms with van der Waals surface area (Å²) in [5, 5.41) is 6.72. The number of nitrogens with two attached hydrogens (primary N) is 1. The zero-order valence-corrected chi connectivity index (χ0v) is 12.1. The Labute approximate surface area is 111 Å². The van der Waals surface area contributed by atoms with Gasteiger partial charge in [0.05, 0.1) is 0 Å². The van der Waals surface area contributed by atoms with Gasteiger partial charge in [0.25, 0.3) is 10.0 Å². The molecule has 0 amide bonds. The van der Waals surface area contributed by atoms with Crippen LogP contribution in [0.4, 0.5) is 0 Å². The Morgan fingerprint density at radius 1 is 1.61 bits per heavy atom. The average Bonchev–Trinajstić information content (AvgIpc) is 2.71. The third-order valence-corrected chi connectivity index (χ3v) is 6.28. The maximum atomic E-state index is 12.6. The number of thioether (sulfide) groups is 1. The number of H-pyrrole nitrogens is 1. The molecular formula is C10H18N4O2S2. The van der Waals surface area contributed by atoms with Gasteiger partial charge in [0.1, 0.15) is 0 Å². The summed E-state index contributed by atoms with van der Waals surface area (Å²) in [5.41, 5.74) is 6.91. The molecule has 1 aromatic heterocycles. The van der Waals surface area contributed by atoms with Crippen molar-refractivity contribution in [2.75, 3.05) is 18.1 Å². The number of sulfonamides is 1. The lowest BCUT2D eigenvalue weighted by Gasteiger charge is -2.31. The molecule has 1 saturated heterocycles. The van der Waals surface area contributed by atoms with Crippen LogP contribution in [0.1, 0.15) is 18.2 Å². The van der Waals surface area contributed by atoms with Crippen molar-refractivity contribution in [1.29, 1.82) is 0 Å². The lowest BCUT2D eigenvalue weighted by molar-refractivity contribution is 0.365. The fourth-order valence-corrected chi connectivity index (χ4v) is 5.10. The van der Waals surface area contributed by atoms with Gasteiger partial charge in [0, 0.05) is 41.9 Å². The molecule has 0 spiro atoms. The van der Waals surface area contributed by atoms with E-state index in [1.54, 1.807) is 18.7 Å². The van der Waals surface area contributed by atoms with Crippen molar-refractivity contribution in [3.63, 3.8) is 0 Å². The van der Waals surface area contributed by atoms with Crippen LogP contribution in [-0.4, -0.2) is 47.0 Å². The van der Waals surface area contributed by atoms with E-state index in [9.17, 15) is 8.42 Å². The predicted octanol–water partition coefficient (Wildman–Crippen LogP) is 0.303. The number of hydrogen-bond donors (Lipinski definition) is 2. The van der Waals surface area contributed by atoms with Gasteiger partial charge in [-0.1, -0.05) is 0 Å². The topological polar surface area (TPSA) is 92.1 Å². The second kappa shape index (κ2) is 5.20. The van der Waals surface area contributed by atoms with Crippen molar-refractivity contribution in [2.24, 2.45) is 5.73 Å². The Balaban J connectivity index is 2.41. The monoisotopic (exact) mass is 290 g/mol. The number of rotatable bonds is 3. The number of aromatic nitrogens is 2. The summed E-state index contributed by atoms with van der Waals surface area (Å²) in [4.78, 5) is 0. The molecule has 1 unspecified atom stereocenters. The maximum absolute atomic E-state index is 12.6. The van der Waals surface area contributed by atoms with Crippen LogP contribution in [0.15, 0.2) is 5.03 Å². The third kappa shape index (κ3) is 2.29. The number of nitrogens with one attached hydrogen (secondary N) is 1. The molecule has 0 aliphatic carbocycles. The highest BCUT2D eigenvalue weighted by Crippen LogP contribution is 2.26. The van der Waals surface area contributed by atoms with Crippen LogP contribution in [0.3, 0.4) is 0 Å². The first-order valence-corrected chi connectivity index (χ1v) is 8.41. The maximum Gasteiger partial charge on any atom is 0.263 e. The van der Waals surface area contributed by atoms with E-state index in [2.05, 4.69) is 10.2 Å². The summed E-state index contributed by atoms with van der Waals surface area (Å²) in [6.07, 6.45) is 0. The number of aryl methyl sites for hydroxylation is 1. The van der Waals surface area contributed by atoms with Crippen LogP contribution in [0.2, 0.25) is 0 Å². The summed E-state index contributed by atoms with van der Waals surface area (Å²) in [6.45, 7) is 4.41. The van der Waals surface area contributed by atoms with Crippen LogP contribution < -0.4 is 5.73 Å². The second-order valence-corrected chi connectivity index (χ2v) is 7.33. The molecule has 8 heteroatoms. The Kier molecular flexibility index (Phi) is 4.00. The molecule has 0 aromatic carbocycles. The van der Waals surface area contributed by atoms with Gasteiger partial charge in [-0.3, -0.25) is 5.10 Å². The normalized spacial score (nSPS) is 22.3. The van der Waals surface area contributed by atoms with E-state index in [1.807, 2.05) is 6.92 Å².